The highest BCUT2D eigenvalue weighted by molar-refractivity contribution is 7.80. The second-order valence-electron chi connectivity index (χ2n) is 4.76. The molecule has 0 heterocycles. The minimum absolute atomic E-state index is 0.330. The molecule has 0 aliphatic heterocycles. The van der Waals surface area contributed by atoms with Crippen LogP contribution in [0.5, 0.6) is 0 Å². The van der Waals surface area contributed by atoms with Gasteiger partial charge >= 0.3 is 6.18 Å². The van der Waals surface area contributed by atoms with Gasteiger partial charge in [0.25, 0.3) is 0 Å². The van der Waals surface area contributed by atoms with Crippen molar-refractivity contribution in [2.24, 2.45) is 5.92 Å². The first kappa shape index (κ1) is 15.8. The van der Waals surface area contributed by atoms with Gasteiger partial charge in [-0.05, 0) is 42.8 Å². The molecule has 0 amide bonds. The number of thiocarbonyl (C=S) groups is 1. The van der Waals surface area contributed by atoms with Crippen molar-refractivity contribution in [2.45, 2.75) is 26.9 Å². The second-order valence-corrected chi connectivity index (χ2v) is 5.16. The van der Waals surface area contributed by atoms with Crippen LogP contribution in [0.1, 0.15) is 25.0 Å². The van der Waals surface area contributed by atoms with E-state index in [4.69, 9.17) is 12.2 Å². The van der Waals surface area contributed by atoms with Gasteiger partial charge in [-0.15, -0.1) is 0 Å². The lowest BCUT2D eigenvalue weighted by Gasteiger charge is -2.15. The molecule has 0 atom stereocenters. The van der Waals surface area contributed by atoms with Crippen LogP contribution in [-0.2, 0) is 6.18 Å². The number of nitrogens with one attached hydrogen (secondary N) is 2. The molecule has 0 saturated carbocycles. The molecule has 0 fully saturated rings. The Balaban J connectivity index is 2.80. The van der Waals surface area contributed by atoms with Crippen molar-refractivity contribution >= 4 is 23.0 Å². The van der Waals surface area contributed by atoms with Crippen LogP contribution in [0.2, 0.25) is 0 Å². The fourth-order valence-electron chi connectivity index (χ4n) is 1.40. The van der Waals surface area contributed by atoms with Gasteiger partial charge in [-0.25, -0.2) is 0 Å². The van der Waals surface area contributed by atoms with E-state index in [-0.39, 0.29) is 0 Å². The van der Waals surface area contributed by atoms with E-state index in [0.717, 1.165) is 12.1 Å². The summed E-state index contributed by atoms with van der Waals surface area (Å²) in [6.07, 6.45) is -4.35. The third-order valence-electron chi connectivity index (χ3n) is 2.48. The number of aryl methyl sites for hydroxylation is 1. The summed E-state index contributed by atoms with van der Waals surface area (Å²) in [6, 6.07) is 3.56. The van der Waals surface area contributed by atoms with Crippen molar-refractivity contribution in [1.82, 2.24) is 5.32 Å². The van der Waals surface area contributed by atoms with Gasteiger partial charge in [-0.1, -0.05) is 19.9 Å². The summed E-state index contributed by atoms with van der Waals surface area (Å²) in [5.74, 6) is 0.405. The molecule has 106 valence electrons. The molecule has 0 radical (unpaired) electrons. The zero-order valence-corrected chi connectivity index (χ0v) is 11.9. The van der Waals surface area contributed by atoms with E-state index in [2.05, 4.69) is 10.6 Å². The lowest BCUT2D eigenvalue weighted by molar-refractivity contribution is -0.137. The Kier molecular flexibility index (Phi) is 5.17. The van der Waals surface area contributed by atoms with E-state index in [1.807, 2.05) is 13.8 Å². The van der Waals surface area contributed by atoms with Crippen LogP contribution >= 0.6 is 12.2 Å². The molecule has 0 spiro atoms. The average Bonchev–Trinajstić information content (AvgIpc) is 2.28. The van der Waals surface area contributed by atoms with E-state index in [1.165, 1.54) is 6.07 Å². The van der Waals surface area contributed by atoms with Crippen LogP contribution < -0.4 is 10.6 Å². The highest BCUT2D eigenvalue weighted by atomic mass is 32.1. The van der Waals surface area contributed by atoms with E-state index in [1.54, 1.807) is 6.92 Å². The number of anilines is 1. The lowest BCUT2D eigenvalue weighted by atomic mass is 10.1. The van der Waals surface area contributed by atoms with Crippen LogP contribution in [0.4, 0.5) is 18.9 Å². The molecule has 1 rings (SSSR count). The predicted molar refractivity (Wildman–Crippen MR) is 75.2 cm³/mol. The maximum Gasteiger partial charge on any atom is 0.416 e. The molecule has 2 N–H and O–H groups in total. The predicted octanol–water partition coefficient (Wildman–Crippen LogP) is 3.96. The number of halogens is 3. The Bertz CT molecular complexity index is 456. The first-order valence-electron chi connectivity index (χ1n) is 5.93. The van der Waals surface area contributed by atoms with Gasteiger partial charge in [0.15, 0.2) is 5.11 Å². The Morgan fingerprint density at radius 1 is 1.32 bits per heavy atom. The van der Waals surface area contributed by atoms with Gasteiger partial charge in [0.1, 0.15) is 0 Å². The molecule has 0 saturated heterocycles. The van der Waals surface area contributed by atoms with E-state index >= 15 is 0 Å². The van der Waals surface area contributed by atoms with Gasteiger partial charge < -0.3 is 10.6 Å². The minimum atomic E-state index is -4.35. The first-order valence-corrected chi connectivity index (χ1v) is 6.33. The summed E-state index contributed by atoms with van der Waals surface area (Å²) < 4.78 is 37.8. The van der Waals surface area contributed by atoms with Gasteiger partial charge in [-0.3, -0.25) is 0 Å². The third kappa shape index (κ3) is 5.06. The number of benzene rings is 1. The quantitative estimate of drug-likeness (QED) is 0.824. The van der Waals surface area contributed by atoms with Crippen molar-refractivity contribution in [3.05, 3.63) is 29.3 Å². The Morgan fingerprint density at radius 2 is 1.95 bits per heavy atom. The van der Waals surface area contributed by atoms with Crippen LogP contribution in [0.15, 0.2) is 18.2 Å². The fraction of sp³-hybridized carbons (Fsp3) is 0.462. The van der Waals surface area contributed by atoms with Crippen molar-refractivity contribution < 1.29 is 13.2 Å². The summed E-state index contributed by atoms with van der Waals surface area (Å²) in [5, 5.41) is 6.08. The minimum Gasteiger partial charge on any atom is -0.362 e. The molecule has 0 aliphatic carbocycles. The summed E-state index contributed by atoms with van der Waals surface area (Å²) in [7, 11) is 0. The van der Waals surface area contributed by atoms with Crippen LogP contribution in [0.3, 0.4) is 0 Å². The smallest absolute Gasteiger partial charge is 0.362 e. The van der Waals surface area contributed by atoms with E-state index in [9.17, 15) is 13.2 Å². The highest BCUT2D eigenvalue weighted by Gasteiger charge is 2.30. The van der Waals surface area contributed by atoms with Crippen molar-refractivity contribution in [2.75, 3.05) is 11.9 Å². The Morgan fingerprint density at radius 3 is 2.47 bits per heavy atom. The topological polar surface area (TPSA) is 24.1 Å². The van der Waals surface area contributed by atoms with Gasteiger partial charge in [0.05, 0.1) is 5.56 Å². The van der Waals surface area contributed by atoms with Crippen LogP contribution in [0.25, 0.3) is 0 Å². The SMILES string of the molecule is Cc1ccc(C(F)(F)F)cc1NC(=S)NCC(C)C. The summed E-state index contributed by atoms with van der Waals surface area (Å²) in [4.78, 5) is 0. The molecule has 6 heteroatoms. The number of hydrogen-bond donors (Lipinski definition) is 2. The largest absolute Gasteiger partial charge is 0.416 e. The van der Waals surface area contributed by atoms with Gasteiger partial charge in [-0.2, -0.15) is 13.2 Å². The molecular formula is C13H17F3N2S. The maximum absolute atomic E-state index is 12.6. The number of alkyl halides is 3. The Labute approximate surface area is 116 Å². The van der Waals surface area contributed by atoms with Crippen LogP contribution in [-0.4, -0.2) is 11.7 Å². The van der Waals surface area contributed by atoms with Crippen molar-refractivity contribution in [1.29, 1.82) is 0 Å². The molecule has 0 aromatic heterocycles. The molecule has 0 aliphatic rings. The number of hydrogen-bond acceptors (Lipinski definition) is 1. The molecular weight excluding hydrogens is 273 g/mol. The van der Waals surface area contributed by atoms with Crippen molar-refractivity contribution in [3.8, 4) is 0 Å². The lowest BCUT2D eigenvalue weighted by Crippen LogP contribution is -2.31. The van der Waals surface area contributed by atoms with E-state index < -0.39 is 11.7 Å². The van der Waals surface area contributed by atoms with Crippen molar-refractivity contribution in [3.63, 3.8) is 0 Å². The first-order chi connectivity index (χ1) is 8.70. The molecule has 2 nitrogen and oxygen atoms in total. The fourth-order valence-corrected chi connectivity index (χ4v) is 1.59. The molecule has 0 unspecified atom stereocenters. The summed E-state index contributed by atoms with van der Waals surface area (Å²) in [5.41, 5.74) is 0.394. The van der Waals surface area contributed by atoms with E-state index in [0.29, 0.717) is 28.8 Å². The van der Waals surface area contributed by atoms with Gasteiger partial charge in [0, 0.05) is 12.2 Å². The monoisotopic (exact) mass is 290 g/mol. The van der Waals surface area contributed by atoms with Gasteiger partial charge in [0.2, 0.25) is 0 Å². The zero-order chi connectivity index (χ0) is 14.6. The molecule has 19 heavy (non-hydrogen) atoms. The third-order valence-corrected chi connectivity index (χ3v) is 2.73. The molecule has 1 aromatic carbocycles. The summed E-state index contributed by atoms with van der Waals surface area (Å²) in [6.45, 7) is 6.44. The Hall–Kier alpha value is -1.30. The number of rotatable bonds is 3. The average molecular weight is 290 g/mol. The zero-order valence-electron chi connectivity index (χ0n) is 11.1. The second kappa shape index (κ2) is 6.23. The standard InChI is InChI=1S/C13H17F3N2S/c1-8(2)7-17-12(19)18-11-6-10(13(14,15)16)5-4-9(11)3/h4-6,8H,7H2,1-3H3,(H2,17,18,19). The van der Waals surface area contributed by atoms with Crippen LogP contribution in [0, 0.1) is 12.8 Å². The maximum atomic E-state index is 12.6. The highest BCUT2D eigenvalue weighted by Crippen LogP contribution is 2.31. The molecule has 1 aromatic rings. The summed E-state index contributed by atoms with van der Waals surface area (Å²) >= 11 is 5.05. The normalized spacial score (nSPS) is 11.5. The molecule has 0 bridgehead atoms.